The van der Waals surface area contributed by atoms with E-state index in [0.29, 0.717) is 10.0 Å². The van der Waals surface area contributed by atoms with Crippen molar-refractivity contribution in [2.75, 3.05) is 6.54 Å². The van der Waals surface area contributed by atoms with Crippen LogP contribution in [0, 0.1) is 0 Å². The van der Waals surface area contributed by atoms with Gasteiger partial charge in [0.25, 0.3) is 0 Å². The Hall–Kier alpha value is -0.150. The summed E-state index contributed by atoms with van der Waals surface area (Å²) in [7, 11) is 0. The second kappa shape index (κ2) is 5.26. The van der Waals surface area contributed by atoms with Crippen molar-refractivity contribution >= 4 is 35.6 Å². The third-order valence-electron chi connectivity index (χ3n) is 2.49. The van der Waals surface area contributed by atoms with Gasteiger partial charge >= 0.3 is 0 Å². The Morgan fingerprint density at radius 3 is 2.67 bits per heavy atom. The molecule has 1 aromatic rings. The lowest BCUT2D eigenvalue weighted by atomic mass is 10.0. The van der Waals surface area contributed by atoms with Crippen molar-refractivity contribution in [1.29, 1.82) is 0 Å². The normalized spacial score (nSPS) is 20.0. The molecule has 84 valence electrons. The lowest BCUT2D eigenvalue weighted by molar-refractivity contribution is 0.457. The molecule has 0 radical (unpaired) electrons. The van der Waals surface area contributed by atoms with Gasteiger partial charge in [-0.25, -0.2) is 0 Å². The van der Waals surface area contributed by atoms with Gasteiger partial charge in [-0.3, -0.25) is 0 Å². The summed E-state index contributed by atoms with van der Waals surface area (Å²) in [6.07, 6.45) is 2.14. The summed E-state index contributed by atoms with van der Waals surface area (Å²) in [5, 5.41) is 13.9. The van der Waals surface area contributed by atoms with Crippen molar-refractivity contribution in [2.24, 2.45) is 0 Å². The Balaban J connectivity index is 0.00000112. The topological polar surface area (TPSA) is 32.3 Å². The number of aromatic hydroxyl groups is 1. The number of phenols is 1. The van der Waals surface area contributed by atoms with E-state index in [4.69, 9.17) is 23.2 Å². The van der Waals surface area contributed by atoms with Gasteiger partial charge in [-0.1, -0.05) is 23.2 Å². The molecule has 2 rings (SSSR count). The molecule has 0 aromatic heterocycles. The summed E-state index contributed by atoms with van der Waals surface area (Å²) in [4.78, 5) is 0. The van der Waals surface area contributed by atoms with Gasteiger partial charge in [-0.05, 0) is 31.5 Å². The van der Waals surface area contributed by atoms with Crippen LogP contribution in [0.15, 0.2) is 12.1 Å². The van der Waals surface area contributed by atoms with Crippen molar-refractivity contribution in [3.63, 3.8) is 0 Å². The Labute approximate surface area is 105 Å². The van der Waals surface area contributed by atoms with Crippen LogP contribution in [0.25, 0.3) is 0 Å². The summed E-state index contributed by atoms with van der Waals surface area (Å²) in [6, 6.07) is 3.51. The molecule has 5 heteroatoms. The third kappa shape index (κ3) is 2.70. The van der Waals surface area contributed by atoms with Gasteiger partial charge in [0.05, 0.1) is 5.02 Å². The van der Waals surface area contributed by atoms with Crippen molar-refractivity contribution in [2.45, 2.75) is 18.9 Å². The lowest BCUT2D eigenvalue weighted by Gasteiger charge is -2.13. The van der Waals surface area contributed by atoms with Crippen LogP contribution in [0.2, 0.25) is 10.0 Å². The van der Waals surface area contributed by atoms with Crippen LogP contribution in [0.3, 0.4) is 0 Å². The maximum Gasteiger partial charge on any atom is 0.139 e. The largest absolute Gasteiger partial charge is 0.506 e. The fourth-order valence-electron chi connectivity index (χ4n) is 1.80. The lowest BCUT2D eigenvalue weighted by Crippen LogP contribution is -2.12. The molecular formula is C10H12Cl3NO. The molecule has 0 saturated carbocycles. The Kier molecular flexibility index (Phi) is 4.53. The second-order valence-electron chi connectivity index (χ2n) is 3.47. The van der Waals surface area contributed by atoms with E-state index < -0.39 is 0 Å². The van der Waals surface area contributed by atoms with E-state index >= 15 is 0 Å². The number of nitrogens with one attached hydrogen (secondary N) is 1. The maximum atomic E-state index is 9.75. The van der Waals surface area contributed by atoms with E-state index in [1.54, 1.807) is 12.1 Å². The molecule has 1 aromatic carbocycles. The molecule has 1 fully saturated rings. The number of hydrogen-bond donors (Lipinski definition) is 2. The standard InChI is InChI=1S/C10H11Cl2NO.ClH/c11-6-4-7(9-2-1-3-13-9)10(14)8(12)5-6;/h4-5,9,13-14H,1-3H2;1H/t9-;/m0./s1. The van der Waals surface area contributed by atoms with Gasteiger partial charge in [0.1, 0.15) is 5.75 Å². The van der Waals surface area contributed by atoms with E-state index in [1.165, 1.54) is 0 Å². The highest BCUT2D eigenvalue weighted by Gasteiger charge is 2.21. The van der Waals surface area contributed by atoms with Crippen LogP contribution in [-0.2, 0) is 0 Å². The first-order chi connectivity index (χ1) is 6.68. The van der Waals surface area contributed by atoms with Gasteiger partial charge < -0.3 is 10.4 Å². The summed E-state index contributed by atoms with van der Waals surface area (Å²) in [5.74, 6) is 0.149. The first-order valence-electron chi connectivity index (χ1n) is 4.60. The third-order valence-corrected chi connectivity index (χ3v) is 3.00. The number of rotatable bonds is 1. The molecule has 0 aliphatic carbocycles. The summed E-state index contributed by atoms with van der Waals surface area (Å²) >= 11 is 11.7. The molecule has 1 aliphatic heterocycles. The number of benzene rings is 1. The molecular weight excluding hydrogens is 256 g/mol. The second-order valence-corrected chi connectivity index (χ2v) is 4.32. The van der Waals surface area contributed by atoms with E-state index in [-0.39, 0.29) is 24.2 Å². The molecule has 0 unspecified atom stereocenters. The van der Waals surface area contributed by atoms with E-state index in [9.17, 15) is 5.11 Å². The summed E-state index contributed by atoms with van der Waals surface area (Å²) in [6.45, 7) is 0.980. The number of hydrogen-bond acceptors (Lipinski definition) is 2. The van der Waals surface area contributed by atoms with E-state index in [0.717, 1.165) is 24.9 Å². The zero-order valence-corrected chi connectivity index (χ0v) is 10.3. The van der Waals surface area contributed by atoms with Crippen molar-refractivity contribution < 1.29 is 5.11 Å². The van der Waals surface area contributed by atoms with Crippen molar-refractivity contribution in [3.8, 4) is 5.75 Å². The minimum absolute atomic E-state index is 0. The number of halogens is 3. The molecule has 1 atom stereocenters. The zero-order valence-electron chi connectivity index (χ0n) is 7.96. The minimum Gasteiger partial charge on any atom is -0.506 e. The van der Waals surface area contributed by atoms with Gasteiger partial charge in [0.2, 0.25) is 0 Å². The van der Waals surface area contributed by atoms with Gasteiger partial charge in [0.15, 0.2) is 0 Å². The number of phenolic OH excluding ortho intramolecular Hbond substituents is 1. The van der Waals surface area contributed by atoms with Crippen LogP contribution in [0.4, 0.5) is 0 Å². The Morgan fingerprint density at radius 1 is 1.33 bits per heavy atom. The van der Waals surface area contributed by atoms with Crippen LogP contribution >= 0.6 is 35.6 Å². The molecule has 15 heavy (non-hydrogen) atoms. The quantitative estimate of drug-likeness (QED) is 0.816. The fraction of sp³-hybridized carbons (Fsp3) is 0.400. The highest BCUT2D eigenvalue weighted by molar-refractivity contribution is 6.35. The predicted octanol–water partition coefficient (Wildman–Crippen LogP) is 3.55. The molecule has 0 amide bonds. The SMILES string of the molecule is Cl.Oc1c(Cl)cc(Cl)cc1[C@@H]1CCCN1. The van der Waals surface area contributed by atoms with Gasteiger partial charge in [0, 0.05) is 16.6 Å². The average Bonchev–Trinajstić information content (AvgIpc) is 2.63. The monoisotopic (exact) mass is 267 g/mol. The van der Waals surface area contributed by atoms with Crippen LogP contribution in [-0.4, -0.2) is 11.7 Å². The zero-order chi connectivity index (χ0) is 10.1. The minimum atomic E-state index is 0. The average molecular weight is 269 g/mol. The molecule has 1 heterocycles. The highest BCUT2D eigenvalue weighted by atomic mass is 35.5. The summed E-state index contributed by atoms with van der Waals surface area (Å²) < 4.78 is 0. The van der Waals surface area contributed by atoms with Crippen molar-refractivity contribution in [1.82, 2.24) is 5.32 Å². The van der Waals surface area contributed by atoms with Crippen LogP contribution in [0.5, 0.6) is 5.75 Å². The molecule has 0 spiro atoms. The predicted molar refractivity (Wildman–Crippen MR) is 65.4 cm³/mol. The molecule has 2 N–H and O–H groups in total. The van der Waals surface area contributed by atoms with Gasteiger partial charge in [-0.2, -0.15) is 0 Å². The Bertz CT molecular complexity index is 351. The molecule has 1 saturated heterocycles. The first kappa shape index (κ1) is 12.9. The van der Waals surface area contributed by atoms with E-state index in [1.807, 2.05) is 0 Å². The molecule has 2 nitrogen and oxygen atoms in total. The first-order valence-corrected chi connectivity index (χ1v) is 5.35. The maximum absolute atomic E-state index is 9.75. The van der Waals surface area contributed by atoms with Crippen molar-refractivity contribution in [3.05, 3.63) is 27.7 Å². The van der Waals surface area contributed by atoms with Gasteiger partial charge in [-0.15, -0.1) is 12.4 Å². The molecule has 1 aliphatic rings. The molecule has 0 bridgehead atoms. The smallest absolute Gasteiger partial charge is 0.139 e. The van der Waals surface area contributed by atoms with Crippen LogP contribution in [0.1, 0.15) is 24.4 Å². The van der Waals surface area contributed by atoms with E-state index in [2.05, 4.69) is 5.32 Å². The fourth-order valence-corrected chi connectivity index (χ4v) is 2.31. The highest BCUT2D eigenvalue weighted by Crippen LogP contribution is 2.37. The van der Waals surface area contributed by atoms with Crippen LogP contribution < -0.4 is 5.32 Å². The summed E-state index contributed by atoms with van der Waals surface area (Å²) in [5.41, 5.74) is 0.806. The Morgan fingerprint density at radius 2 is 2.07 bits per heavy atom.